The van der Waals surface area contributed by atoms with Crippen LogP contribution in [0.2, 0.25) is 0 Å². The molecule has 1 aromatic carbocycles. The molecule has 1 unspecified atom stereocenters. The van der Waals surface area contributed by atoms with Crippen molar-refractivity contribution in [2.75, 3.05) is 21.0 Å². The van der Waals surface area contributed by atoms with Crippen molar-refractivity contribution < 1.29 is 18.9 Å². The Hall–Kier alpha value is -1.20. The molecule has 19 heavy (non-hydrogen) atoms. The van der Waals surface area contributed by atoms with Crippen LogP contribution in [0.1, 0.15) is 18.6 Å². The minimum atomic E-state index is -0.303. The van der Waals surface area contributed by atoms with Crippen LogP contribution >= 0.6 is 0 Å². The number of benzene rings is 1. The van der Waals surface area contributed by atoms with Gasteiger partial charge in [0.15, 0.2) is 6.29 Å². The maximum atomic E-state index is 5.84. The molecule has 0 bridgehead atoms. The van der Waals surface area contributed by atoms with Gasteiger partial charge in [-0.3, -0.25) is 0 Å². The van der Waals surface area contributed by atoms with Crippen LogP contribution in [-0.4, -0.2) is 33.4 Å². The summed E-state index contributed by atoms with van der Waals surface area (Å²) in [5.74, 6) is 0. The third-order valence-corrected chi connectivity index (χ3v) is 3.13. The molecule has 0 fully saturated rings. The summed E-state index contributed by atoms with van der Waals surface area (Å²) in [6, 6.07) is 10.0. The van der Waals surface area contributed by atoms with Crippen molar-refractivity contribution in [2.45, 2.75) is 25.4 Å². The molecule has 1 aromatic rings. The van der Waals surface area contributed by atoms with E-state index in [0.717, 1.165) is 11.1 Å². The zero-order chi connectivity index (χ0) is 13.7. The van der Waals surface area contributed by atoms with Crippen LogP contribution in [0.25, 0.3) is 0 Å². The molecular formula is C15H20O4. The van der Waals surface area contributed by atoms with Gasteiger partial charge in [0, 0.05) is 14.2 Å². The van der Waals surface area contributed by atoms with E-state index < -0.39 is 0 Å². The van der Waals surface area contributed by atoms with Crippen LogP contribution in [-0.2, 0) is 18.9 Å². The molecule has 0 saturated heterocycles. The van der Waals surface area contributed by atoms with Crippen molar-refractivity contribution in [3.63, 3.8) is 0 Å². The fraction of sp³-hybridized carbons (Fsp3) is 0.467. The number of rotatable bonds is 6. The van der Waals surface area contributed by atoms with E-state index in [1.54, 1.807) is 14.2 Å². The largest absolute Gasteiger partial charge is 0.359 e. The van der Waals surface area contributed by atoms with Crippen molar-refractivity contribution in [3.05, 3.63) is 47.5 Å². The highest BCUT2D eigenvalue weighted by molar-refractivity contribution is 5.24. The summed E-state index contributed by atoms with van der Waals surface area (Å²) in [5, 5.41) is 0. The lowest BCUT2D eigenvalue weighted by Gasteiger charge is -2.25. The van der Waals surface area contributed by atoms with Gasteiger partial charge in [0.05, 0.1) is 0 Å². The predicted octanol–water partition coefficient (Wildman–Crippen LogP) is 2.67. The van der Waals surface area contributed by atoms with Crippen molar-refractivity contribution >= 4 is 0 Å². The van der Waals surface area contributed by atoms with Gasteiger partial charge in [-0.15, -0.1) is 0 Å². The molecular weight excluding hydrogens is 244 g/mol. The first-order valence-corrected chi connectivity index (χ1v) is 6.28. The lowest BCUT2D eigenvalue weighted by molar-refractivity contribution is -0.162. The molecule has 0 radical (unpaired) electrons. The summed E-state index contributed by atoms with van der Waals surface area (Å²) in [5.41, 5.74) is 2.17. The van der Waals surface area contributed by atoms with Gasteiger partial charge >= 0.3 is 0 Å². The maximum Gasteiger partial charge on any atom is 0.177 e. The minimum absolute atomic E-state index is 0.150. The summed E-state index contributed by atoms with van der Waals surface area (Å²) >= 11 is 0. The Bertz CT molecular complexity index is 415. The zero-order valence-electron chi connectivity index (χ0n) is 11.5. The Morgan fingerprint density at radius 1 is 1.21 bits per heavy atom. The second kappa shape index (κ2) is 6.82. The standard InChI is InChI=1S/C15H20O4/c1-11-9-13(17-3)19-14(11)15(18-10-16-2)12-7-5-4-6-8-12/h4-9,13-15H,10H2,1-3H3/t13?,14-,15-/m0/s1. The molecule has 0 spiro atoms. The van der Waals surface area contributed by atoms with E-state index in [1.807, 2.05) is 43.3 Å². The first-order chi connectivity index (χ1) is 9.26. The van der Waals surface area contributed by atoms with Gasteiger partial charge in [0.25, 0.3) is 0 Å². The molecule has 1 aliphatic rings. The summed E-state index contributed by atoms with van der Waals surface area (Å²) < 4.78 is 21.9. The topological polar surface area (TPSA) is 36.9 Å². The lowest BCUT2D eigenvalue weighted by atomic mass is 10.00. The highest BCUT2D eigenvalue weighted by Crippen LogP contribution is 2.33. The second-order valence-electron chi connectivity index (χ2n) is 4.48. The van der Waals surface area contributed by atoms with Crippen LogP contribution in [0.5, 0.6) is 0 Å². The highest BCUT2D eigenvalue weighted by Gasteiger charge is 2.33. The Morgan fingerprint density at radius 2 is 1.95 bits per heavy atom. The van der Waals surface area contributed by atoms with E-state index in [-0.39, 0.29) is 25.3 Å². The molecule has 2 rings (SSSR count). The minimum Gasteiger partial charge on any atom is -0.359 e. The summed E-state index contributed by atoms with van der Waals surface area (Å²) in [6.07, 6.45) is 1.32. The van der Waals surface area contributed by atoms with Crippen LogP contribution in [0.4, 0.5) is 0 Å². The first-order valence-electron chi connectivity index (χ1n) is 6.28. The van der Waals surface area contributed by atoms with E-state index in [1.165, 1.54) is 0 Å². The van der Waals surface area contributed by atoms with E-state index >= 15 is 0 Å². The second-order valence-corrected chi connectivity index (χ2v) is 4.48. The molecule has 1 aliphatic heterocycles. The predicted molar refractivity (Wildman–Crippen MR) is 71.6 cm³/mol. The van der Waals surface area contributed by atoms with Crippen molar-refractivity contribution in [2.24, 2.45) is 0 Å². The van der Waals surface area contributed by atoms with Crippen LogP contribution < -0.4 is 0 Å². The van der Waals surface area contributed by atoms with Crippen molar-refractivity contribution in [1.29, 1.82) is 0 Å². The van der Waals surface area contributed by atoms with E-state index in [2.05, 4.69) is 0 Å². The quantitative estimate of drug-likeness (QED) is 0.584. The van der Waals surface area contributed by atoms with Gasteiger partial charge in [-0.2, -0.15) is 0 Å². The van der Waals surface area contributed by atoms with E-state index in [4.69, 9.17) is 18.9 Å². The summed E-state index contributed by atoms with van der Waals surface area (Å²) in [4.78, 5) is 0. The molecule has 0 aliphatic carbocycles. The normalized spacial score (nSPS) is 24.3. The van der Waals surface area contributed by atoms with Gasteiger partial charge in [0.2, 0.25) is 0 Å². The number of ether oxygens (including phenoxy) is 4. The Kier molecular flexibility index (Phi) is 5.10. The van der Waals surface area contributed by atoms with Gasteiger partial charge in [-0.1, -0.05) is 30.3 Å². The number of hydrogen-bond acceptors (Lipinski definition) is 4. The highest BCUT2D eigenvalue weighted by atomic mass is 16.7. The summed E-state index contributed by atoms with van der Waals surface area (Å²) in [7, 11) is 3.24. The number of hydrogen-bond donors (Lipinski definition) is 0. The average molecular weight is 264 g/mol. The Balaban J connectivity index is 2.17. The SMILES string of the molecule is COCO[C@@H](c1ccccc1)[C@H]1OC(OC)C=C1C. The average Bonchev–Trinajstić information content (AvgIpc) is 2.82. The van der Waals surface area contributed by atoms with Crippen LogP contribution in [0.3, 0.4) is 0 Å². The van der Waals surface area contributed by atoms with E-state index in [9.17, 15) is 0 Å². The monoisotopic (exact) mass is 264 g/mol. The van der Waals surface area contributed by atoms with Crippen molar-refractivity contribution in [1.82, 2.24) is 0 Å². The molecule has 0 N–H and O–H groups in total. The van der Waals surface area contributed by atoms with Crippen LogP contribution in [0.15, 0.2) is 42.0 Å². The molecule has 0 amide bonds. The first kappa shape index (κ1) is 14.2. The van der Waals surface area contributed by atoms with Gasteiger partial charge < -0.3 is 18.9 Å². The number of methoxy groups -OCH3 is 2. The van der Waals surface area contributed by atoms with Gasteiger partial charge in [0.1, 0.15) is 19.0 Å². The summed E-state index contributed by atoms with van der Waals surface area (Å²) in [6.45, 7) is 2.25. The third-order valence-electron chi connectivity index (χ3n) is 3.13. The van der Waals surface area contributed by atoms with Gasteiger partial charge in [-0.25, -0.2) is 0 Å². The fourth-order valence-electron chi connectivity index (χ4n) is 2.18. The fourth-order valence-corrected chi connectivity index (χ4v) is 2.18. The molecule has 0 saturated carbocycles. The van der Waals surface area contributed by atoms with E-state index in [0.29, 0.717) is 0 Å². The van der Waals surface area contributed by atoms with Crippen molar-refractivity contribution in [3.8, 4) is 0 Å². The maximum absolute atomic E-state index is 5.84. The molecule has 1 heterocycles. The zero-order valence-corrected chi connectivity index (χ0v) is 11.5. The molecule has 0 aromatic heterocycles. The van der Waals surface area contributed by atoms with Crippen LogP contribution in [0, 0.1) is 0 Å². The Labute approximate surface area is 113 Å². The molecule has 4 nitrogen and oxygen atoms in total. The lowest BCUT2D eigenvalue weighted by Crippen LogP contribution is -2.26. The Morgan fingerprint density at radius 3 is 2.53 bits per heavy atom. The molecule has 3 atom stereocenters. The molecule has 4 heteroatoms. The third kappa shape index (κ3) is 3.42. The molecule has 104 valence electrons. The smallest absolute Gasteiger partial charge is 0.177 e. The van der Waals surface area contributed by atoms with Gasteiger partial charge in [-0.05, 0) is 24.1 Å².